The summed E-state index contributed by atoms with van der Waals surface area (Å²) in [5.41, 5.74) is 0.270. The summed E-state index contributed by atoms with van der Waals surface area (Å²) in [7, 11) is 0. The van der Waals surface area contributed by atoms with Crippen molar-refractivity contribution >= 4 is 17.7 Å². The van der Waals surface area contributed by atoms with E-state index in [0.717, 1.165) is 19.3 Å². The van der Waals surface area contributed by atoms with Gasteiger partial charge in [-0.15, -0.1) is 10.2 Å². The summed E-state index contributed by atoms with van der Waals surface area (Å²) in [6.07, 6.45) is 2.60. The second kappa shape index (κ2) is 7.01. The molecule has 0 aliphatic heterocycles. The molecule has 2 rings (SSSR count). The van der Waals surface area contributed by atoms with E-state index in [4.69, 9.17) is 5.11 Å². The van der Waals surface area contributed by atoms with Gasteiger partial charge < -0.3 is 15.7 Å². The predicted octanol–water partition coefficient (Wildman–Crippen LogP) is 1.14. The Morgan fingerprint density at radius 1 is 1.33 bits per heavy atom. The van der Waals surface area contributed by atoms with E-state index in [0.29, 0.717) is 18.9 Å². The fraction of sp³-hybridized carbons (Fsp3) is 0.571. The maximum Gasteiger partial charge on any atom is 0.306 e. The minimum atomic E-state index is -0.725. The number of nitrogens with one attached hydrogen (secondary N) is 2. The van der Waals surface area contributed by atoms with E-state index in [1.54, 1.807) is 12.1 Å². The van der Waals surface area contributed by atoms with Gasteiger partial charge in [0.1, 0.15) is 5.82 Å². The molecular weight excluding hydrogens is 272 g/mol. The van der Waals surface area contributed by atoms with Gasteiger partial charge in [-0.2, -0.15) is 0 Å². The van der Waals surface area contributed by atoms with Crippen molar-refractivity contribution in [3.05, 3.63) is 17.8 Å². The van der Waals surface area contributed by atoms with Crippen molar-refractivity contribution in [1.82, 2.24) is 15.5 Å². The van der Waals surface area contributed by atoms with E-state index in [1.807, 2.05) is 6.92 Å². The highest BCUT2D eigenvalue weighted by Crippen LogP contribution is 2.31. The van der Waals surface area contributed by atoms with Crippen LogP contribution in [-0.2, 0) is 4.79 Å². The summed E-state index contributed by atoms with van der Waals surface area (Å²) in [5.74, 6) is -0.582. The van der Waals surface area contributed by atoms with E-state index in [1.165, 1.54) is 0 Å². The number of hydrogen-bond donors (Lipinski definition) is 3. The Kier molecular flexibility index (Phi) is 5.08. The maximum absolute atomic E-state index is 11.5. The summed E-state index contributed by atoms with van der Waals surface area (Å²) in [6, 6.07) is 3.28. The first-order valence-electron chi connectivity index (χ1n) is 7.20. The van der Waals surface area contributed by atoms with E-state index in [2.05, 4.69) is 20.8 Å². The number of aromatic nitrogens is 2. The van der Waals surface area contributed by atoms with Crippen LogP contribution < -0.4 is 10.6 Å². The quantitative estimate of drug-likeness (QED) is 0.726. The van der Waals surface area contributed by atoms with Crippen molar-refractivity contribution in [2.24, 2.45) is 11.8 Å². The lowest BCUT2D eigenvalue weighted by atomic mass is 9.96. The number of carboxylic acid groups (broad SMARTS) is 1. The first-order chi connectivity index (χ1) is 10.1. The lowest BCUT2D eigenvalue weighted by molar-refractivity contribution is -0.142. The molecule has 1 aliphatic carbocycles. The Morgan fingerprint density at radius 3 is 2.76 bits per heavy atom. The number of carbonyl (C=O) groups excluding carboxylic acids is 1. The number of hydrogen-bond acceptors (Lipinski definition) is 5. The highest BCUT2D eigenvalue weighted by atomic mass is 16.4. The summed E-state index contributed by atoms with van der Waals surface area (Å²) in [5, 5.41) is 22.7. The number of rotatable bonds is 6. The molecule has 3 N–H and O–H groups in total. The van der Waals surface area contributed by atoms with Crippen molar-refractivity contribution in [2.45, 2.75) is 26.2 Å². The predicted molar refractivity (Wildman–Crippen MR) is 77.0 cm³/mol. The van der Waals surface area contributed by atoms with Gasteiger partial charge >= 0.3 is 5.97 Å². The SMILES string of the molecule is CCNC(=O)c1ccc(NCC2CCCC2C(=O)O)nn1. The molecular formula is C14H20N4O3. The summed E-state index contributed by atoms with van der Waals surface area (Å²) in [4.78, 5) is 22.6. The Bertz CT molecular complexity index is 503. The van der Waals surface area contributed by atoms with Crippen LogP contribution in [0, 0.1) is 11.8 Å². The van der Waals surface area contributed by atoms with Gasteiger partial charge in [0.2, 0.25) is 0 Å². The highest BCUT2D eigenvalue weighted by molar-refractivity contribution is 5.92. The van der Waals surface area contributed by atoms with Crippen LogP contribution in [0.4, 0.5) is 5.82 Å². The molecule has 114 valence electrons. The maximum atomic E-state index is 11.5. The average molecular weight is 292 g/mol. The fourth-order valence-electron chi connectivity index (χ4n) is 2.64. The number of carboxylic acids is 1. The molecule has 7 nitrogen and oxygen atoms in total. The summed E-state index contributed by atoms with van der Waals surface area (Å²) >= 11 is 0. The Balaban J connectivity index is 1.89. The molecule has 0 saturated heterocycles. The third-order valence-electron chi connectivity index (χ3n) is 3.76. The van der Waals surface area contributed by atoms with E-state index >= 15 is 0 Å². The van der Waals surface area contributed by atoms with Crippen molar-refractivity contribution in [3.63, 3.8) is 0 Å². The molecule has 0 aromatic carbocycles. The monoisotopic (exact) mass is 292 g/mol. The van der Waals surface area contributed by atoms with Crippen LogP contribution in [0.2, 0.25) is 0 Å². The first kappa shape index (κ1) is 15.2. The average Bonchev–Trinajstić information content (AvgIpc) is 2.94. The molecule has 1 fully saturated rings. The Hall–Kier alpha value is -2.18. The Labute approximate surface area is 123 Å². The molecule has 1 heterocycles. The van der Waals surface area contributed by atoms with Gasteiger partial charge in [-0.25, -0.2) is 0 Å². The van der Waals surface area contributed by atoms with Gasteiger partial charge in [0.25, 0.3) is 5.91 Å². The number of amides is 1. The molecule has 2 unspecified atom stereocenters. The van der Waals surface area contributed by atoms with Gasteiger partial charge in [0, 0.05) is 13.1 Å². The van der Waals surface area contributed by atoms with Crippen LogP contribution in [-0.4, -0.2) is 40.3 Å². The van der Waals surface area contributed by atoms with E-state index < -0.39 is 5.97 Å². The highest BCUT2D eigenvalue weighted by Gasteiger charge is 2.32. The molecule has 21 heavy (non-hydrogen) atoms. The van der Waals surface area contributed by atoms with Gasteiger partial charge in [-0.1, -0.05) is 6.42 Å². The van der Waals surface area contributed by atoms with Crippen molar-refractivity contribution in [1.29, 1.82) is 0 Å². The number of carbonyl (C=O) groups is 2. The number of anilines is 1. The van der Waals surface area contributed by atoms with Crippen LogP contribution in [0.15, 0.2) is 12.1 Å². The molecule has 1 aliphatic rings. The molecule has 1 aromatic heterocycles. The smallest absolute Gasteiger partial charge is 0.306 e. The minimum absolute atomic E-state index is 0.118. The third-order valence-corrected chi connectivity index (χ3v) is 3.76. The zero-order valence-electron chi connectivity index (χ0n) is 12.0. The lowest BCUT2D eigenvalue weighted by Crippen LogP contribution is -2.25. The Morgan fingerprint density at radius 2 is 2.14 bits per heavy atom. The van der Waals surface area contributed by atoms with Gasteiger partial charge in [0.15, 0.2) is 5.69 Å². The van der Waals surface area contributed by atoms with Crippen LogP contribution >= 0.6 is 0 Å². The summed E-state index contributed by atoms with van der Waals surface area (Å²) < 4.78 is 0. The topological polar surface area (TPSA) is 104 Å². The minimum Gasteiger partial charge on any atom is -0.481 e. The van der Waals surface area contributed by atoms with Gasteiger partial charge in [-0.05, 0) is 37.8 Å². The molecule has 1 saturated carbocycles. The molecule has 0 radical (unpaired) electrons. The zero-order valence-corrected chi connectivity index (χ0v) is 12.0. The third kappa shape index (κ3) is 3.90. The second-order valence-electron chi connectivity index (χ2n) is 5.18. The fourth-order valence-corrected chi connectivity index (χ4v) is 2.64. The van der Waals surface area contributed by atoms with E-state index in [-0.39, 0.29) is 23.4 Å². The van der Waals surface area contributed by atoms with Crippen LogP contribution in [0.25, 0.3) is 0 Å². The largest absolute Gasteiger partial charge is 0.481 e. The molecule has 7 heteroatoms. The normalized spacial score (nSPS) is 21.0. The van der Waals surface area contributed by atoms with Crippen molar-refractivity contribution in [3.8, 4) is 0 Å². The number of nitrogens with zero attached hydrogens (tertiary/aromatic N) is 2. The molecule has 0 bridgehead atoms. The molecule has 0 spiro atoms. The molecule has 2 atom stereocenters. The van der Waals surface area contributed by atoms with Crippen LogP contribution in [0.3, 0.4) is 0 Å². The summed E-state index contributed by atoms with van der Waals surface area (Å²) in [6.45, 7) is 2.94. The van der Waals surface area contributed by atoms with Gasteiger partial charge in [0.05, 0.1) is 5.92 Å². The zero-order chi connectivity index (χ0) is 15.2. The van der Waals surface area contributed by atoms with Crippen molar-refractivity contribution in [2.75, 3.05) is 18.4 Å². The standard InChI is InChI=1S/C14H20N4O3/c1-2-15-13(19)11-6-7-12(18-17-11)16-8-9-4-3-5-10(9)14(20)21/h6-7,9-10H,2-5,8H2,1H3,(H,15,19)(H,16,18)(H,20,21). The van der Waals surface area contributed by atoms with Crippen molar-refractivity contribution < 1.29 is 14.7 Å². The number of aliphatic carboxylic acids is 1. The van der Waals surface area contributed by atoms with Crippen LogP contribution in [0.1, 0.15) is 36.7 Å². The van der Waals surface area contributed by atoms with E-state index in [9.17, 15) is 9.59 Å². The van der Waals surface area contributed by atoms with Gasteiger partial charge in [-0.3, -0.25) is 9.59 Å². The lowest BCUT2D eigenvalue weighted by Gasteiger charge is -2.16. The second-order valence-corrected chi connectivity index (χ2v) is 5.18. The molecule has 1 aromatic rings. The first-order valence-corrected chi connectivity index (χ1v) is 7.20. The van der Waals surface area contributed by atoms with Crippen LogP contribution in [0.5, 0.6) is 0 Å². The molecule has 1 amide bonds.